The summed E-state index contributed by atoms with van der Waals surface area (Å²) in [7, 11) is -3.37. The van der Waals surface area contributed by atoms with E-state index < -0.39 is 10.0 Å². The van der Waals surface area contributed by atoms with Gasteiger partial charge in [-0.2, -0.15) is 0 Å². The Morgan fingerprint density at radius 3 is 2.61 bits per heavy atom. The highest BCUT2D eigenvalue weighted by Crippen LogP contribution is 2.13. The van der Waals surface area contributed by atoms with Crippen molar-refractivity contribution < 1.29 is 8.42 Å². The molecule has 2 rings (SSSR count). The summed E-state index contributed by atoms with van der Waals surface area (Å²) in [4.78, 5) is 0.352. The molecule has 1 unspecified atom stereocenters. The molecule has 0 saturated carbocycles. The number of piperidine rings is 1. The SMILES string of the molecule is CCc1ccc(S(=O)(=O)NC2CCCNC2)cc1. The highest BCUT2D eigenvalue weighted by Gasteiger charge is 2.21. The van der Waals surface area contributed by atoms with Gasteiger partial charge < -0.3 is 5.32 Å². The van der Waals surface area contributed by atoms with Gasteiger partial charge in [0.05, 0.1) is 4.90 Å². The summed E-state index contributed by atoms with van der Waals surface area (Å²) in [5.74, 6) is 0. The Morgan fingerprint density at radius 1 is 1.33 bits per heavy atom. The van der Waals surface area contributed by atoms with E-state index in [1.54, 1.807) is 12.1 Å². The fraction of sp³-hybridized carbons (Fsp3) is 0.538. The highest BCUT2D eigenvalue weighted by atomic mass is 32.2. The van der Waals surface area contributed by atoms with E-state index in [0.717, 1.165) is 31.4 Å². The molecule has 0 spiro atoms. The van der Waals surface area contributed by atoms with Crippen molar-refractivity contribution in [3.05, 3.63) is 29.8 Å². The number of nitrogens with one attached hydrogen (secondary N) is 2. The second-order valence-corrected chi connectivity index (χ2v) is 6.38. The summed E-state index contributed by atoms with van der Waals surface area (Å²) in [5.41, 5.74) is 1.15. The smallest absolute Gasteiger partial charge is 0.240 e. The van der Waals surface area contributed by atoms with Gasteiger partial charge in [-0.1, -0.05) is 19.1 Å². The summed E-state index contributed by atoms with van der Waals surface area (Å²) in [6.07, 6.45) is 2.83. The number of aryl methyl sites for hydroxylation is 1. The number of benzene rings is 1. The maximum atomic E-state index is 12.2. The number of hydrogen-bond acceptors (Lipinski definition) is 3. The van der Waals surface area contributed by atoms with E-state index in [0.29, 0.717) is 11.4 Å². The molecule has 2 N–H and O–H groups in total. The second-order valence-electron chi connectivity index (χ2n) is 4.66. The Hall–Kier alpha value is -0.910. The molecule has 1 saturated heterocycles. The average Bonchev–Trinajstić information content (AvgIpc) is 2.39. The first kappa shape index (κ1) is 13.5. The van der Waals surface area contributed by atoms with Gasteiger partial charge in [0.15, 0.2) is 0 Å². The van der Waals surface area contributed by atoms with Gasteiger partial charge in [-0.15, -0.1) is 0 Å². The molecule has 0 aliphatic carbocycles. The fourth-order valence-electron chi connectivity index (χ4n) is 2.14. The first-order valence-corrected chi connectivity index (χ1v) is 7.92. The Bertz CT molecular complexity index is 476. The zero-order valence-corrected chi connectivity index (χ0v) is 11.5. The molecular weight excluding hydrogens is 248 g/mol. The van der Waals surface area contributed by atoms with Gasteiger partial charge in [0.25, 0.3) is 0 Å². The van der Waals surface area contributed by atoms with Crippen LogP contribution in [0.15, 0.2) is 29.2 Å². The molecule has 0 radical (unpaired) electrons. The second kappa shape index (κ2) is 5.82. The quantitative estimate of drug-likeness (QED) is 0.865. The van der Waals surface area contributed by atoms with Crippen LogP contribution in [0, 0.1) is 0 Å². The molecule has 100 valence electrons. The number of rotatable bonds is 4. The Morgan fingerprint density at radius 2 is 2.06 bits per heavy atom. The molecule has 1 fully saturated rings. The molecule has 5 heteroatoms. The average molecular weight is 268 g/mol. The number of hydrogen-bond donors (Lipinski definition) is 2. The number of sulfonamides is 1. The van der Waals surface area contributed by atoms with Crippen LogP contribution in [0.4, 0.5) is 0 Å². The van der Waals surface area contributed by atoms with E-state index in [1.165, 1.54) is 0 Å². The molecule has 4 nitrogen and oxygen atoms in total. The van der Waals surface area contributed by atoms with Crippen molar-refractivity contribution in [2.24, 2.45) is 0 Å². The minimum Gasteiger partial charge on any atom is -0.315 e. The lowest BCUT2D eigenvalue weighted by Gasteiger charge is -2.23. The van der Waals surface area contributed by atoms with Gasteiger partial charge in [-0.05, 0) is 43.5 Å². The molecular formula is C13H20N2O2S. The zero-order valence-electron chi connectivity index (χ0n) is 10.6. The van der Waals surface area contributed by atoms with Gasteiger partial charge in [0.2, 0.25) is 10.0 Å². The van der Waals surface area contributed by atoms with E-state index in [-0.39, 0.29) is 6.04 Å². The monoisotopic (exact) mass is 268 g/mol. The summed E-state index contributed by atoms with van der Waals surface area (Å²) in [6, 6.07) is 7.10. The molecule has 1 aliphatic rings. The summed E-state index contributed by atoms with van der Waals surface area (Å²) in [5, 5.41) is 3.20. The zero-order chi connectivity index (χ0) is 13.0. The molecule has 1 aromatic carbocycles. The highest BCUT2D eigenvalue weighted by molar-refractivity contribution is 7.89. The lowest BCUT2D eigenvalue weighted by molar-refractivity contribution is 0.428. The standard InChI is InChI=1S/C13H20N2O2S/c1-2-11-5-7-13(8-6-11)18(16,17)15-12-4-3-9-14-10-12/h5-8,12,14-15H,2-4,9-10H2,1H3. The minimum atomic E-state index is -3.37. The van der Waals surface area contributed by atoms with Gasteiger partial charge in [0.1, 0.15) is 0 Å². The largest absolute Gasteiger partial charge is 0.315 e. The van der Waals surface area contributed by atoms with Crippen molar-refractivity contribution in [3.63, 3.8) is 0 Å². The van der Waals surface area contributed by atoms with Crippen molar-refractivity contribution in [2.45, 2.75) is 37.1 Å². The van der Waals surface area contributed by atoms with Crippen LogP contribution in [-0.4, -0.2) is 27.5 Å². The fourth-order valence-corrected chi connectivity index (χ4v) is 3.41. The molecule has 0 bridgehead atoms. The molecule has 1 aromatic rings. The van der Waals surface area contributed by atoms with Crippen LogP contribution in [0.2, 0.25) is 0 Å². The third-order valence-electron chi connectivity index (χ3n) is 3.26. The molecule has 0 amide bonds. The normalized spacial score (nSPS) is 20.8. The summed E-state index contributed by atoms with van der Waals surface area (Å²) in [6.45, 7) is 3.74. The van der Waals surface area contributed by atoms with Crippen LogP contribution in [-0.2, 0) is 16.4 Å². The van der Waals surface area contributed by atoms with Crippen LogP contribution >= 0.6 is 0 Å². The lowest BCUT2D eigenvalue weighted by atomic mass is 10.1. The van der Waals surface area contributed by atoms with Gasteiger partial charge in [0, 0.05) is 12.6 Å². The maximum absolute atomic E-state index is 12.2. The van der Waals surface area contributed by atoms with E-state index in [1.807, 2.05) is 12.1 Å². The van der Waals surface area contributed by atoms with E-state index >= 15 is 0 Å². The summed E-state index contributed by atoms with van der Waals surface area (Å²) >= 11 is 0. The molecule has 0 aromatic heterocycles. The molecule has 1 aliphatic heterocycles. The maximum Gasteiger partial charge on any atom is 0.240 e. The van der Waals surface area contributed by atoms with E-state index in [4.69, 9.17) is 0 Å². The van der Waals surface area contributed by atoms with Crippen molar-refractivity contribution in [1.82, 2.24) is 10.0 Å². The Kier molecular flexibility index (Phi) is 4.37. The van der Waals surface area contributed by atoms with E-state index in [9.17, 15) is 8.42 Å². The van der Waals surface area contributed by atoms with Crippen molar-refractivity contribution in [1.29, 1.82) is 0 Å². The van der Waals surface area contributed by atoms with Gasteiger partial charge in [-0.3, -0.25) is 0 Å². The molecule has 18 heavy (non-hydrogen) atoms. The third kappa shape index (κ3) is 3.31. The van der Waals surface area contributed by atoms with Crippen molar-refractivity contribution in [2.75, 3.05) is 13.1 Å². The van der Waals surface area contributed by atoms with Crippen molar-refractivity contribution >= 4 is 10.0 Å². The third-order valence-corrected chi connectivity index (χ3v) is 4.80. The van der Waals surface area contributed by atoms with Gasteiger partial charge in [-0.25, -0.2) is 13.1 Å². The van der Waals surface area contributed by atoms with Crippen molar-refractivity contribution in [3.8, 4) is 0 Å². The van der Waals surface area contributed by atoms with Crippen LogP contribution in [0.3, 0.4) is 0 Å². The topological polar surface area (TPSA) is 58.2 Å². The summed E-state index contributed by atoms with van der Waals surface area (Å²) < 4.78 is 27.1. The van der Waals surface area contributed by atoms with Crippen LogP contribution in [0.1, 0.15) is 25.3 Å². The predicted octanol–water partition coefficient (Wildman–Crippen LogP) is 1.28. The van der Waals surface area contributed by atoms with Crippen LogP contribution < -0.4 is 10.0 Å². The van der Waals surface area contributed by atoms with Gasteiger partial charge >= 0.3 is 0 Å². The Balaban J connectivity index is 2.08. The van der Waals surface area contributed by atoms with E-state index in [2.05, 4.69) is 17.0 Å². The predicted molar refractivity (Wildman–Crippen MR) is 72.0 cm³/mol. The molecule has 1 atom stereocenters. The van der Waals surface area contributed by atoms with Crippen LogP contribution in [0.25, 0.3) is 0 Å². The first-order chi connectivity index (χ1) is 8.62. The first-order valence-electron chi connectivity index (χ1n) is 6.44. The van der Waals surface area contributed by atoms with Crippen LogP contribution in [0.5, 0.6) is 0 Å². The lowest BCUT2D eigenvalue weighted by Crippen LogP contribution is -2.45. The Labute approximate surface area is 109 Å². The minimum absolute atomic E-state index is 0.00889. The molecule has 1 heterocycles.